The van der Waals surface area contributed by atoms with Gasteiger partial charge in [-0.25, -0.2) is 9.97 Å². The molecule has 0 aliphatic heterocycles. The molecule has 0 saturated heterocycles. The molecule has 3 heterocycles. The van der Waals surface area contributed by atoms with Crippen LogP contribution in [0.2, 0.25) is 0 Å². The van der Waals surface area contributed by atoms with Crippen molar-refractivity contribution in [3.8, 4) is 0 Å². The van der Waals surface area contributed by atoms with Gasteiger partial charge in [0.2, 0.25) is 0 Å². The van der Waals surface area contributed by atoms with Gasteiger partial charge < -0.3 is 21.5 Å². The van der Waals surface area contributed by atoms with Gasteiger partial charge in [-0.05, 0) is 31.2 Å². The third-order valence-electron chi connectivity index (χ3n) is 4.56. The second-order valence-corrected chi connectivity index (χ2v) is 7.18. The number of hydrogen-bond donors (Lipinski definition) is 3. The molecule has 0 spiro atoms. The molecule has 0 bridgehead atoms. The topological polar surface area (TPSA) is 135 Å². The van der Waals surface area contributed by atoms with Crippen LogP contribution in [0.5, 0.6) is 0 Å². The minimum atomic E-state index is 0.224. The molecule has 0 aromatic carbocycles. The lowest BCUT2D eigenvalue weighted by atomic mass is 10.0. The third kappa shape index (κ3) is 4.22. The lowest BCUT2D eigenvalue weighted by Gasteiger charge is -2.13. The number of nitrogens with zero attached hydrogens (tertiary/aromatic N) is 6. The van der Waals surface area contributed by atoms with Crippen LogP contribution in [0.3, 0.4) is 0 Å². The van der Waals surface area contributed by atoms with Crippen molar-refractivity contribution in [2.24, 2.45) is 25.6 Å². The summed E-state index contributed by atoms with van der Waals surface area (Å²) in [6.07, 6.45) is 4.77. The van der Waals surface area contributed by atoms with E-state index in [1.807, 2.05) is 27.1 Å². The van der Waals surface area contributed by atoms with Crippen LogP contribution in [0.4, 0.5) is 5.69 Å². The van der Waals surface area contributed by atoms with Gasteiger partial charge in [0.05, 0.1) is 35.5 Å². The highest BCUT2D eigenvalue weighted by molar-refractivity contribution is 5.94. The molecular weight excluding hydrogens is 382 g/mol. The maximum absolute atomic E-state index is 6.14. The van der Waals surface area contributed by atoms with Crippen LogP contribution in [0, 0.1) is 0 Å². The Morgan fingerprint density at radius 3 is 2.67 bits per heavy atom. The summed E-state index contributed by atoms with van der Waals surface area (Å²) in [6, 6.07) is 1.93. The Labute approximate surface area is 175 Å². The number of aromatic nitrogens is 6. The summed E-state index contributed by atoms with van der Waals surface area (Å²) in [5, 5.41) is 13.4. The molecule has 0 amide bonds. The summed E-state index contributed by atoms with van der Waals surface area (Å²) in [6.45, 7) is 6.98. The van der Waals surface area contributed by atoms with E-state index in [2.05, 4.69) is 29.2 Å². The number of fused-ring (bicyclic) bond motifs is 1. The van der Waals surface area contributed by atoms with Crippen molar-refractivity contribution in [2.75, 3.05) is 11.9 Å². The maximum Gasteiger partial charge on any atom is 0.193 e. The number of rotatable bonds is 8. The van der Waals surface area contributed by atoms with E-state index in [4.69, 9.17) is 26.3 Å². The molecule has 160 valence electrons. The van der Waals surface area contributed by atoms with Crippen LogP contribution in [-0.2, 0) is 25.4 Å². The van der Waals surface area contributed by atoms with Crippen molar-refractivity contribution < 1.29 is 4.74 Å². The Kier molecular flexibility index (Phi) is 6.24. The first-order valence-corrected chi connectivity index (χ1v) is 9.82. The second-order valence-electron chi connectivity index (χ2n) is 7.18. The van der Waals surface area contributed by atoms with E-state index < -0.39 is 0 Å². The quantitative estimate of drug-likeness (QED) is 0.378. The molecule has 0 unspecified atom stereocenters. The molecule has 3 rings (SSSR count). The van der Waals surface area contributed by atoms with Crippen LogP contribution < -0.4 is 16.8 Å². The Hall–Kier alpha value is -3.56. The highest BCUT2D eigenvalue weighted by Crippen LogP contribution is 2.33. The summed E-state index contributed by atoms with van der Waals surface area (Å²) in [5.41, 5.74) is 15.6. The number of anilines is 1. The Balaban J connectivity index is 2.18. The van der Waals surface area contributed by atoms with Crippen molar-refractivity contribution >= 4 is 22.3 Å². The van der Waals surface area contributed by atoms with Crippen molar-refractivity contribution in [1.82, 2.24) is 29.5 Å². The largest absolute Gasteiger partial charge is 0.479 e. The third-order valence-corrected chi connectivity index (χ3v) is 4.56. The Morgan fingerprint density at radius 1 is 1.30 bits per heavy atom. The van der Waals surface area contributed by atoms with Crippen molar-refractivity contribution in [2.45, 2.75) is 33.2 Å². The average Bonchev–Trinajstić information content (AvgIpc) is 3.27. The summed E-state index contributed by atoms with van der Waals surface area (Å²) in [7, 11) is 3.72. The molecule has 3 aromatic rings. The normalized spacial score (nSPS) is 12.7. The standard InChI is InChI=1S/C20H29N9O/c1-6-30-19(22)13(7-8-21)14-9-15(23-10-16-24-11-28(4)26-16)17-18(12(2)3)27-29(5)20(17)25-14/h7-9,11-12H,6,10,21-22H2,1-5H3,(H,23,25)/b8-7-,19-13-. The van der Waals surface area contributed by atoms with Crippen LogP contribution in [0.1, 0.15) is 43.9 Å². The number of aryl methyl sites for hydroxylation is 2. The highest BCUT2D eigenvalue weighted by atomic mass is 16.5. The molecule has 0 radical (unpaired) electrons. The van der Waals surface area contributed by atoms with Gasteiger partial charge in [-0.3, -0.25) is 9.36 Å². The summed E-state index contributed by atoms with van der Waals surface area (Å²) in [5.74, 6) is 1.17. The van der Waals surface area contributed by atoms with Crippen LogP contribution in [0.15, 0.2) is 30.6 Å². The zero-order valence-electron chi connectivity index (χ0n) is 18.0. The summed E-state index contributed by atoms with van der Waals surface area (Å²) < 4.78 is 8.96. The van der Waals surface area contributed by atoms with E-state index >= 15 is 0 Å². The van der Waals surface area contributed by atoms with Gasteiger partial charge in [-0.1, -0.05) is 13.8 Å². The molecule has 0 saturated carbocycles. The maximum atomic E-state index is 6.14. The summed E-state index contributed by atoms with van der Waals surface area (Å²) >= 11 is 0. The molecular formula is C20H29N9O. The fraction of sp³-hybridized carbons (Fsp3) is 0.400. The number of nitrogens with one attached hydrogen (secondary N) is 1. The van der Waals surface area contributed by atoms with E-state index in [9.17, 15) is 0 Å². The van der Waals surface area contributed by atoms with E-state index in [-0.39, 0.29) is 11.8 Å². The zero-order chi connectivity index (χ0) is 21.8. The van der Waals surface area contributed by atoms with E-state index in [0.717, 1.165) is 22.4 Å². The average molecular weight is 412 g/mol. The first kappa shape index (κ1) is 21.2. The predicted molar refractivity (Wildman–Crippen MR) is 117 cm³/mol. The van der Waals surface area contributed by atoms with Gasteiger partial charge in [0, 0.05) is 19.8 Å². The SMILES string of the molecule is CCO/C(N)=C(/C=C\N)c1cc(NCc2ncn(C)n2)c2c(C(C)C)nn(C)c2n1. The predicted octanol–water partition coefficient (Wildman–Crippen LogP) is 1.97. The lowest BCUT2D eigenvalue weighted by Crippen LogP contribution is -2.09. The highest BCUT2D eigenvalue weighted by Gasteiger charge is 2.20. The zero-order valence-corrected chi connectivity index (χ0v) is 18.0. The van der Waals surface area contributed by atoms with E-state index in [1.165, 1.54) is 6.20 Å². The van der Waals surface area contributed by atoms with Crippen molar-refractivity contribution in [3.05, 3.63) is 47.8 Å². The van der Waals surface area contributed by atoms with Gasteiger partial charge in [0.1, 0.15) is 6.33 Å². The fourth-order valence-corrected chi connectivity index (χ4v) is 3.22. The monoisotopic (exact) mass is 411 g/mol. The minimum Gasteiger partial charge on any atom is -0.479 e. The van der Waals surface area contributed by atoms with Gasteiger partial charge in [0.25, 0.3) is 0 Å². The first-order valence-electron chi connectivity index (χ1n) is 9.82. The van der Waals surface area contributed by atoms with Crippen molar-refractivity contribution in [1.29, 1.82) is 0 Å². The number of ether oxygens (including phenoxy) is 1. The molecule has 10 nitrogen and oxygen atoms in total. The number of nitrogens with two attached hydrogens (primary N) is 2. The van der Waals surface area contributed by atoms with Gasteiger partial charge in [0.15, 0.2) is 17.4 Å². The molecule has 0 aliphatic rings. The number of allylic oxidation sites excluding steroid dienone is 2. The van der Waals surface area contributed by atoms with Crippen LogP contribution >= 0.6 is 0 Å². The van der Waals surface area contributed by atoms with E-state index in [0.29, 0.717) is 30.2 Å². The lowest BCUT2D eigenvalue weighted by molar-refractivity contribution is 0.228. The molecule has 30 heavy (non-hydrogen) atoms. The Bertz CT molecular complexity index is 1090. The number of pyridine rings is 1. The Morgan fingerprint density at radius 2 is 2.07 bits per heavy atom. The fourth-order valence-electron chi connectivity index (χ4n) is 3.22. The minimum absolute atomic E-state index is 0.224. The van der Waals surface area contributed by atoms with Crippen LogP contribution in [0.25, 0.3) is 16.6 Å². The van der Waals surface area contributed by atoms with Crippen LogP contribution in [-0.4, -0.2) is 36.1 Å². The van der Waals surface area contributed by atoms with Gasteiger partial charge in [-0.15, -0.1) is 0 Å². The number of hydrogen-bond acceptors (Lipinski definition) is 8. The molecule has 10 heteroatoms. The first-order chi connectivity index (χ1) is 14.3. The smallest absolute Gasteiger partial charge is 0.193 e. The summed E-state index contributed by atoms with van der Waals surface area (Å²) in [4.78, 5) is 9.11. The molecule has 0 fully saturated rings. The van der Waals surface area contributed by atoms with E-state index in [1.54, 1.807) is 21.8 Å². The van der Waals surface area contributed by atoms with Crippen molar-refractivity contribution in [3.63, 3.8) is 0 Å². The van der Waals surface area contributed by atoms with Gasteiger partial charge in [-0.2, -0.15) is 10.2 Å². The molecule has 3 aromatic heterocycles. The van der Waals surface area contributed by atoms with Gasteiger partial charge >= 0.3 is 0 Å². The molecule has 0 atom stereocenters. The molecule has 0 aliphatic carbocycles. The second kappa shape index (κ2) is 8.85. The molecule has 5 N–H and O–H groups in total.